The quantitative estimate of drug-likeness (QED) is 0.0487. The van der Waals surface area contributed by atoms with Gasteiger partial charge in [0, 0.05) is 55.7 Å². The maximum atomic E-state index is 12.9. The first-order chi connectivity index (χ1) is 28.4. The van der Waals surface area contributed by atoms with Crippen molar-refractivity contribution in [2.24, 2.45) is 0 Å². The van der Waals surface area contributed by atoms with Crippen molar-refractivity contribution in [3.8, 4) is 40.2 Å². The molecule has 13 nitrogen and oxygen atoms in total. The van der Waals surface area contributed by atoms with Crippen LogP contribution in [-0.2, 0) is 38.4 Å². The minimum Gasteiger partial charge on any atom is -0.493 e. The molecule has 1 saturated heterocycles. The maximum Gasteiger partial charge on any atom is 0.350 e. The van der Waals surface area contributed by atoms with E-state index in [0.29, 0.717) is 57.6 Å². The number of esters is 2. The molecule has 0 spiro atoms. The van der Waals surface area contributed by atoms with E-state index in [4.69, 9.17) is 54.2 Å². The molecule has 2 aliphatic heterocycles. The predicted molar refractivity (Wildman–Crippen MR) is 224 cm³/mol. The van der Waals surface area contributed by atoms with Crippen molar-refractivity contribution in [3.05, 3.63) is 75.8 Å². The lowest BCUT2D eigenvalue weighted by atomic mass is 9.86. The second-order valence-corrected chi connectivity index (χ2v) is 15.8. The van der Waals surface area contributed by atoms with Gasteiger partial charge in [0.15, 0.2) is 34.5 Å². The summed E-state index contributed by atoms with van der Waals surface area (Å²) in [5, 5.41) is -0.319. The van der Waals surface area contributed by atoms with Crippen LogP contribution in [0.5, 0.6) is 40.2 Å². The highest BCUT2D eigenvalue weighted by molar-refractivity contribution is 6.42. The van der Waals surface area contributed by atoms with Gasteiger partial charge in [0.1, 0.15) is 17.6 Å². The smallest absolute Gasteiger partial charge is 0.350 e. The molecule has 0 bridgehead atoms. The van der Waals surface area contributed by atoms with Gasteiger partial charge >= 0.3 is 11.9 Å². The highest BCUT2D eigenvalue weighted by Gasteiger charge is 2.40. The van der Waals surface area contributed by atoms with E-state index in [-0.39, 0.29) is 24.3 Å². The Morgan fingerprint density at radius 2 is 1.25 bits per heavy atom. The number of fused-ring (bicyclic) bond motifs is 1. The summed E-state index contributed by atoms with van der Waals surface area (Å²) >= 11 is 6.26. The molecule has 1 fully saturated rings. The van der Waals surface area contributed by atoms with Crippen molar-refractivity contribution in [3.63, 3.8) is 0 Å². The third-order valence-corrected chi connectivity index (χ3v) is 12.1. The molecule has 0 saturated carbocycles. The zero-order valence-electron chi connectivity index (χ0n) is 35.9. The summed E-state index contributed by atoms with van der Waals surface area (Å²) in [5.41, 5.74) is 4.58. The highest BCUT2D eigenvalue weighted by atomic mass is 35.5. The van der Waals surface area contributed by atoms with Gasteiger partial charge in [-0.25, -0.2) is 9.59 Å². The first kappa shape index (κ1) is 45.2. The summed E-state index contributed by atoms with van der Waals surface area (Å²) in [7, 11) is 13.6. The molecular formula is C45H61ClN2O11+2. The van der Waals surface area contributed by atoms with E-state index in [1.165, 1.54) is 11.1 Å². The maximum absolute atomic E-state index is 12.9. The second-order valence-electron chi connectivity index (χ2n) is 15.4. The van der Waals surface area contributed by atoms with Crippen LogP contribution in [0.1, 0.15) is 54.0 Å². The number of ether oxygens (including phenoxy) is 9. The van der Waals surface area contributed by atoms with Crippen LogP contribution in [0.3, 0.4) is 0 Å². The highest BCUT2D eigenvalue weighted by Crippen LogP contribution is 2.44. The first-order valence-electron chi connectivity index (χ1n) is 20.1. The Kier molecular flexibility index (Phi) is 16.0. The second kappa shape index (κ2) is 20.9. The van der Waals surface area contributed by atoms with Gasteiger partial charge in [-0.1, -0.05) is 17.7 Å². The molecule has 0 amide bonds. The van der Waals surface area contributed by atoms with Gasteiger partial charge in [-0.3, -0.25) is 0 Å². The fraction of sp³-hybridized carbons (Fsp3) is 0.511. The normalized spacial score (nSPS) is 18.3. The van der Waals surface area contributed by atoms with Gasteiger partial charge in [-0.15, -0.1) is 0 Å². The zero-order chi connectivity index (χ0) is 42.6. The molecule has 322 valence electrons. The van der Waals surface area contributed by atoms with Crippen LogP contribution in [0.15, 0.2) is 53.6 Å². The first-order valence-corrected chi connectivity index (χ1v) is 20.5. The molecule has 3 aromatic rings. The lowest BCUT2D eigenvalue weighted by Gasteiger charge is -2.46. The Bertz CT molecular complexity index is 1920. The topological polar surface area (TPSA) is 117 Å². The molecule has 0 aromatic heterocycles. The molecule has 2 heterocycles. The average Bonchev–Trinajstić information content (AvgIpc) is 3.71. The summed E-state index contributed by atoms with van der Waals surface area (Å²) in [6.07, 6.45) is 6.06. The van der Waals surface area contributed by atoms with Crippen molar-refractivity contribution < 1.29 is 61.2 Å². The fourth-order valence-electron chi connectivity index (χ4n) is 8.68. The molecule has 0 aliphatic carbocycles. The van der Waals surface area contributed by atoms with Crippen LogP contribution in [0, 0.1) is 0 Å². The van der Waals surface area contributed by atoms with E-state index < -0.39 is 11.9 Å². The number of quaternary nitrogens is 2. The molecule has 0 N–H and O–H groups in total. The number of likely N-dealkylation sites (N-methyl/N-ethyl adjacent to an activating group) is 1. The number of benzene rings is 3. The van der Waals surface area contributed by atoms with Crippen molar-refractivity contribution in [1.82, 2.24) is 0 Å². The minimum atomic E-state index is -0.763. The van der Waals surface area contributed by atoms with Crippen molar-refractivity contribution >= 4 is 23.5 Å². The van der Waals surface area contributed by atoms with Gasteiger partial charge in [0.05, 0.1) is 103 Å². The molecule has 59 heavy (non-hydrogen) atoms. The van der Waals surface area contributed by atoms with Crippen LogP contribution < -0.4 is 33.2 Å². The average molecular weight is 841 g/mol. The van der Waals surface area contributed by atoms with E-state index in [9.17, 15) is 9.59 Å². The molecule has 1 unspecified atom stereocenters. The number of likely N-dealkylation sites (tertiary alicyclic amines) is 1. The molecule has 2 atom stereocenters. The van der Waals surface area contributed by atoms with Crippen molar-refractivity contribution in [1.29, 1.82) is 0 Å². The summed E-state index contributed by atoms with van der Waals surface area (Å²) < 4.78 is 51.7. The van der Waals surface area contributed by atoms with Crippen molar-refractivity contribution in [2.45, 2.75) is 51.1 Å². The summed E-state index contributed by atoms with van der Waals surface area (Å²) in [4.78, 5) is 25.5. The Morgan fingerprint density at radius 1 is 0.678 bits per heavy atom. The lowest BCUT2D eigenvalue weighted by molar-refractivity contribution is -0.941. The number of carbonyl (C=O) groups is 2. The molecule has 14 heteroatoms. The summed E-state index contributed by atoms with van der Waals surface area (Å²) in [5.74, 6) is 3.09. The third-order valence-electron chi connectivity index (χ3n) is 11.8. The standard InChI is InChI=1S/C45H61ClN2O11/c1-47(20-15-33-27-39(53-4)40(54-5)28-34(33)36(47)23-31-13-14-37(51-2)38(24-31)52-3)16-11-22-59-45(50)35(46)29-43(49)58-21-12-19-48(17-9-10-18-48)30-32-25-41(55-6)44(57-8)42(26-32)56-7/h13-14,24-29,36H,9-12,15-23,30H2,1-8H3/q+2/b35-29-/t36-,47?/m1/s1. The van der Waals surface area contributed by atoms with Crippen LogP contribution in [0.25, 0.3) is 0 Å². The fourth-order valence-corrected chi connectivity index (χ4v) is 8.82. The minimum absolute atomic E-state index is 0.0578. The monoisotopic (exact) mass is 840 g/mol. The number of rotatable bonds is 21. The van der Waals surface area contributed by atoms with Crippen LogP contribution in [0.2, 0.25) is 0 Å². The van der Waals surface area contributed by atoms with E-state index in [0.717, 1.165) is 86.6 Å². The third kappa shape index (κ3) is 11.1. The van der Waals surface area contributed by atoms with E-state index in [1.807, 2.05) is 24.3 Å². The Labute approximate surface area is 353 Å². The van der Waals surface area contributed by atoms with Gasteiger partial charge < -0.3 is 51.6 Å². The van der Waals surface area contributed by atoms with E-state index >= 15 is 0 Å². The van der Waals surface area contributed by atoms with Crippen LogP contribution >= 0.6 is 11.6 Å². The molecular weight excluding hydrogens is 780 g/mol. The van der Waals surface area contributed by atoms with Gasteiger partial charge in [0.2, 0.25) is 5.75 Å². The molecule has 3 aromatic carbocycles. The molecule has 5 rings (SSSR count). The van der Waals surface area contributed by atoms with Gasteiger partial charge in [-0.2, -0.15) is 0 Å². The predicted octanol–water partition coefficient (Wildman–Crippen LogP) is 6.83. The zero-order valence-corrected chi connectivity index (χ0v) is 36.6. The van der Waals surface area contributed by atoms with Crippen molar-refractivity contribution in [2.75, 3.05) is 103 Å². The number of carbonyl (C=O) groups excluding carboxylic acids is 2. The van der Waals surface area contributed by atoms with E-state index in [2.05, 4.69) is 25.2 Å². The van der Waals surface area contributed by atoms with E-state index in [1.54, 1.807) is 49.8 Å². The number of nitrogens with zero attached hydrogens (tertiary/aromatic N) is 2. The lowest BCUT2D eigenvalue weighted by Crippen LogP contribution is -2.52. The SMILES string of the molecule is COc1ccc(C[C@@H]2c3cc(OC)c(OC)cc3CC[N+]2(C)CCCOC(=O)/C(Cl)=C/C(=O)OCCC[N+]2(Cc3cc(OC)c(OC)c(OC)c3)CCCC2)cc1OC. The molecule has 0 radical (unpaired) electrons. The Balaban J connectivity index is 1.15. The Hall–Kier alpha value is -4.85. The Morgan fingerprint density at radius 3 is 1.88 bits per heavy atom. The number of hydrogen-bond acceptors (Lipinski definition) is 11. The summed E-state index contributed by atoms with van der Waals surface area (Å²) in [6.45, 7) is 5.59. The van der Waals surface area contributed by atoms with Crippen LogP contribution in [0.4, 0.5) is 0 Å². The largest absolute Gasteiger partial charge is 0.493 e. The number of hydrogen-bond donors (Lipinski definition) is 0. The number of methoxy groups -OCH3 is 7. The van der Waals surface area contributed by atoms with Crippen LogP contribution in [-0.4, -0.2) is 124 Å². The van der Waals surface area contributed by atoms with Gasteiger partial charge in [0.25, 0.3) is 0 Å². The number of halogens is 1. The molecule has 2 aliphatic rings. The van der Waals surface area contributed by atoms with Gasteiger partial charge in [-0.05, 0) is 47.5 Å². The summed E-state index contributed by atoms with van der Waals surface area (Å²) in [6, 6.07) is 14.2.